The quantitative estimate of drug-likeness (QED) is 0.540. The van der Waals surface area contributed by atoms with Crippen LogP contribution in [0.3, 0.4) is 0 Å². The van der Waals surface area contributed by atoms with Gasteiger partial charge in [-0.15, -0.1) is 0 Å². The number of amides is 2. The van der Waals surface area contributed by atoms with Crippen LogP contribution in [-0.4, -0.2) is 12.6 Å². The minimum Gasteiger partial charge on any atom is -0.397 e. The van der Waals surface area contributed by atoms with Crippen LogP contribution in [0.1, 0.15) is 25.3 Å². The zero-order valence-electron chi connectivity index (χ0n) is 9.84. The number of urea groups is 1. The van der Waals surface area contributed by atoms with Gasteiger partial charge in [0.1, 0.15) is 0 Å². The maximum atomic E-state index is 11.5. The SMILES string of the molecule is CCCCNC(=O)Nc1c(C)cccc1N. The van der Waals surface area contributed by atoms with E-state index in [1.54, 1.807) is 6.07 Å². The van der Waals surface area contributed by atoms with Crippen molar-refractivity contribution in [1.82, 2.24) is 5.32 Å². The summed E-state index contributed by atoms with van der Waals surface area (Å²) in [5.41, 5.74) is 8.03. The van der Waals surface area contributed by atoms with Gasteiger partial charge in [-0.25, -0.2) is 4.79 Å². The molecule has 1 aromatic rings. The molecule has 0 heterocycles. The zero-order valence-corrected chi connectivity index (χ0v) is 9.84. The first-order valence-corrected chi connectivity index (χ1v) is 5.55. The summed E-state index contributed by atoms with van der Waals surface area (Å²) in [5, 5.41) is 5.54. The highest BCUT2D eigenvalue weighted by Gasteiger charge is 2.06. The van der Waals surface area contributed by atoms with E-state index in [0.29, 0.717) is 17.9 Å². The number of rotatable bonds is 4. The Morgan fingerprint density at radius 2 is 2.19 bits per heavy atom. The van der Waals surface area contributed by atoms with Crippen molar-refractivity contribution in [3.63, 3.8) is 0 Å². The number of carbonyl (C=O) groups is 1. The van der Waals surface area contributed by atoms with Crippen LogP contribution in [0, 0.1) is 6.92 Å². The highest BCUT2D eigenvalue weighted by molar-refractivity contribution is 5.93. The number of nitrogens with two attached hydrogens (primary N) is 1. The summed E-state index contributed by atoms with van der Waals surface area (Å²) in [5.74, 6) is 0. The van der Waals surface area contributed by atoms with Crippen LogP contribution in [0.2, 0.25) is 0 Å². The number of aryl methyl sites for hydroxylation is 1. The lowest BCUT2D eigenvalue weighted by Crippen LogP contribution is -2.30. The fourth-order valence-electron chi connectivity index (χ4n) is 1.40. The Morgan fingerprint density at radius 3 is 2.81 bits per heavy atom. The molecule has 4 heteroatoms. The molecule has 0 unspecified atom stereocenters. The number of nitrogens with one attached hydrogen (secondary N) is 2. The average Bonchev–Trinajstić information content (AvgIpc) is 2.24. The van der Waals surface area contributed by atoms with Gasteiger partial charge in [-0.1, -0.05) is 25.5 Å². The van der Waals surface area contributed by atoms with Crippen LogP contribution in [0.4, 0.5) is 16.2 Å². The summed E-state index contributed by atoms with van der Waals surface area (Å²) >= 11 is 0. The summed E-state index contributed by atoms with van der Waals surface area (Å²) in [4.78, 5) is 11.5. The number of hydrogen-bond acceptors (Lipinski definition) is 2. The smallest absolute Gasteiger partial charge is 0.319 e. The molecule has 88 valence electrons. The molecule has 0 aliphatic rings. The maximum Gasteiger partial charge on any atom is 0.319 e. The summed E-state index contributed by atoms with van der Waals surface area (Å²) in [7, 11) is 0. The van der Waals surface area contributed by atoms with Crippen molar-refractivity contribution in [1.29, 1.82) is 0 Å². The van der Waals surface area contributed by atoms with E-state index >= 15 is 0 Å². The summed E-state index contributed by atoms with van der Waals surface area (Å²) < 4.78 is 0. The van der Waals surface area contributed by atoms with Gasteiger partial charge in [0.15, 0.2) is 0 Å². The van der Waals surface area contributed by atoms with Crippen molar-refractivity contribution in [2.45, 2.75) is 26.7 Å². The van der Waals surface area contributed by atoms with Gasteiger partial charge in [-0.2, -0.15) is 0 Å². The lowest BCUT2D eigenvalue weighted by atomic mass is 10.2. The number of hydrogen-bond donors (Lipinski definition) is 3. The predicted octanol–water partition coefficient (Wildman–Crippen LogP) is 2.50. The van der Waals surface area contributed by atoms with Gasteiger partial charge in [0.05, 0.1) is 11.4 Å². The van der Waals surface area contributed by atoms with Gasteiger partial charge >= 0.3 is 6.03 Å². The number of unbranched alkanes of at least 4 members (excludes halogenated alkanes) is 1. The Morgan fingerprint density at radius 1 is 1.44 bits per heavy atom. The Balaban J connectivity index is 2.56. The van der Waals surface area contributed by atoms with E-state index in [9.17, 15) is 4.79 Å². The van der Waals surface area contributed by atoms with Crippen molar-refractivity contribution in [2.75, 3.05) is 17.6 Å². The summed E-state index contributed by atoms with van der Waals surface area (Å²) in [6.07, 6.45) is 2.05. The van der Waals surface area contributed by atoms with Crippen LogP contribution in [0.5, 0.6) is 0 Å². The van der Waals surface area contributed by atoms with Crippen LogP contribution >= 0.6 is 0 Å². The van der Waals surface area contributed by atoms with E-state index in [1.807, 2.05) is 19.1 Å². The van der Waals surface area contributed by atoms with Gasteiger partial charge in [0, 0.05) is 6.54 Å². The fraction of sp³-hybridized carbons (Fsp3) is 0.417. The molecule has 1 aromatic carbocycles. The van der Waals surface area contributed by atoms with Crippen LogP contribution in [0.25, 0.3) is 0 Å². The molecule has 0 aromatic heterocycles. The van der Waals surface area contributed by atoms with E-state index in [1.165, 1.54) is 0 Å². The molecular formula is C12H19N3O. The third kappa shape index (κ3) is 3.46. The second kappa shape index (κ2) is 6.00. The Kier molecular flexibility index (Phi) is 4.64. The molecule has 4 N–H and O–H groups in total. The lowest BCUT2D eigenvalue weighted by molar-refractivity contribution is 0.252. The molecule has 0 fully saturated rings. The molecule has 0 aliphatic carbocycles. The molecule has 0 aliphatic heterocycles. The first kappa shape index (κ1) is 12.4. The van der Waals surface area contributed by atoms with Crippen LogP contribution < -0.4 is 16.4 Å². The second-order valence-corrected chi connectivity index (χ2v) is 3.77. The second-order valence-electron chi connectivity index (χ2n) is 3.77. The largest absolute Gasteiger partial charge is 0.397 e. The van der Waals surface area contributed by atoms with E-state index in [4.69, 9.17) is 5.73 Å². The van der Waals surface area contributed by atoms with Crippen molar-refractivity contribution < 1.29 is 4.79 Å². The first-order chi connectivity index (χ1) is 7.65. The molecule has 1 rings (SSSR count). The number of benzene rings is 1. The summed E-state index contributed by atoms with van der Waals surface area (Å²) in [6, 6.07) is 5.35. The standard InChI is InChI=1S/C12H19N3O/c1-3-4-8-14-12(16)15-11-9(2)6-5-7-10(11)13/h5-7H,3-4,8,13H2,1-2H3,(H2,14,15,16). The Labute approximate surface area is 96.2 Å². The van der Waals surface area contributed by atoms with Gasteiger partial charge < -0.3 is 16.4 Å². The highest BCUT2D eigenvalue weighted by atomic mass is 16.2. The minimum absolute atomic E-state index is 0.200. The molecule has 0 atom stereocenters. The molecule has 0 spiro atoms. The highest BCUT2D eigenvalue weighted by Crippen LogP contribution is 2.21. The molecular weight excluding hydrogens is 202 g/mol. The molecule has 16 heavy (non-hydrogen) atoms. The summed E-state index contributed by atoms with van der Waals surface area (Å²) in [6.45, 7) is 4.69. The number of nitrogen functional groups attached to an aromatic ring is 1. The van der Waals surface area contributed by atoms with Gasteiger partial charge in [0.2, 0.25) is 0 Å². The van der Waals surface area contributed by atoms with Crippen molar-refractivity contribution in [3.8, 4) is 0 Å². The fourth-order valence-corrected chi connectivity index (χ4v) is 1.40. The molecule has 0 saturated carbocycles. The third-order valence-electron chi connectivity index (χ3n) is 2.36. The Hall–Kier alpha value is -1.71. The van der Waals surface area contributed by atoms with Crippen molar-refractivity contribution in [3.05, 3.63) is 23.8 Å². The third-order valence-corrected chi connectivity index (χ3v) is 2.36. The number of anilines is 2. The van der Waals surface area contributed by atoms with Crippen molar-refractivity contribution in [2.24, 2.45) is 0 Å². The van der Waals surface area contributed by atoms with Gasteiger partial charge in [-0.3, -0.25) is 0 Å². The molecule has 4 nitrogen and oxygen atoms in total. The monoisotopic (exact) mass is 221 g/mol. The van der Waals surface area contributed by atoms with E-state index in [-0.39, 0.29) is 6.03 Å². The molecule has 0 radical (unpaired) electrons. The van der Waals surface area contributed by atoms with Crippen molar-refractivity contribution >= 4 is 17.4 Å². The molecule has 2 amide bonds. The maximum absolute atomic E-state index is 11.5. The Bertz CT molecular complexity index is 343. The van der Waals surface area contributed by atoms with E-state index in [0.717, 1.165) is 18.4 Å². The topological polar surface area (TPSA) is 67.2 Å². The minimum atomic E-state index is -0.200. The van der Waals surface area contributed by atoms with Gasteiger partial charge in [-0.05, 0) is 25.0 Å². The van der Waals surface area contributed by atoms with Gasteiger partial charge in [0.25, 0.3) is 0 Å². The lowest BCUT2D eigenvalue weighted by Gasteiger charge is -2.11. The van der Waals surface area contributed by atoms with E-state index < -0.39 is 0 Å². The normalized spacial score (nSPS) is 9.88. The number of para-hydroxylation sites is 1. The predicted molar refractivity (Wildman–Crippen MR) is 67.5 cm³/mol. The average molecular weight is 221 g/mol. The zero-order chi connectivity index (χ0) is 12.0. The number of carbonyl (C=O) groups excluding carboxylic acids is 1. The van der Waals surface area contributed by atoms with Crippen LogP contribution in [0.15, 0.2) is 18.2 Å². The molecule has 0 saturated heterocycles. The first-order valence-electron chi connectivity index (χ1n) is 5.55. The molecule has 0 bridgehead atoms. The van der Waals surface area contributed by atoms with E-state index in [2.05, 4.69) is 17.6 Å². The van der Waals surface area contributed by atoms with Crippen LogP contribution in [-0.2, 0) is 0 Å².